The van der Waals surface area contributed by atoms with Crippen molar-refractivity contribution in [1.29, 1.82) is 0 Å². The molecule has 0 fully saturated rings. The van der Waals surface area contributed by atoms with Crippen LogP contribution in [0.4, 0.5) is 5.82 Å². The van der Waals surface area contributed by atoms with Crippen molar-refractivity contribution in [3.63, 3.8) is 0 Å². The van der Waals surface area contributed by atoms with Gasteiger partial charge in [0.25, 0.3) is 5.91 Å². The quantitative estimate of drug-likeness (QED) is 0.898. The number of nitrogens with one attached hydrogen (secondary N) is 1. The van der Waals surface area contributed by atoms with Gasteiger partial charge in [0.05, 0.1) is 0 Å². The molecule has 1 aromatic heterocycles. The molecule has 1 unspecified atom stereocenters. The minimum atomic E-state index is -0.171. The average Bonchev–Trinajstić information content (AvgIpc) is 2.44. The Bertz CT molecular complexity index is 622. The van der Waals surface area contributed by atoms with E-state index < -0.39 is 0 Å². The normalized spacial score (nSPS) is 12.6. The molecule has 20 heavy (non-hydrogen) atoms. The summed E-state index contributed by atoms with van der Waals surface area (Å²) in [5, 5.41) is 4.72. The molecule has 0 radical (unpaired) electrons. The van der Waals surface area contributed by atoms with Crippen LogP contribution in [0.1, 0.15) is 31.3 Å². The van der Waals surface area contributed by atoms with Gasteiger partial charge in [-0.1, -0.05) is 45.0 Å². The van der Waals surface area contributed by atoms with Crippen molar-refractivity contribution < 1.29 is 4.79 Å². The van der Waals surface area contributed by atoms with E-state index in [1.54, 1.807) is 6.07 Å². The first-order chi connectivity index (χ1) is 9.49. The van der Waals surface area contributed by atoms with E-state index in [-0.39, 0.29) is 5.91 Å². The van der Waals surface area contributed by atoms with E-state index in [9.17, 15) is 4.79 Å². The smallest absolute Gasteiger partial charge is 0.270 e. The highest BCUT2D eigenvalue weighted by Gasteiger charge is 2.13. The van der Waals surface area contributed by atoms with Gasteiger partial charge in [0, 0.05) is 11.9 Å². The van der Waals surface area contributed by atoms with Gasteiger partial charge in [0.1, 0.15) is 11.5 Å². The van der Waals surface area contributed by atoms with Crippen molar-refractivity contribution >= 4 is 22.5 Å². The number of pyridine rings is 1. The number of rotatable bonds is 4. The molecular weight excluding hydrogens is 250 g/mol. The van der Waals surface area contributed by atoms with E-state index in [0.29, 0.717) is 29.9 Å². The highest BCUT2D eigenvalue weighted by Crippen LogP contribution is 2.20. The maximum atomic E-state index is 12.1. The predicted octanol–water partition coefficient (Wildman–Crippen LogP) is 2.84. The summed E-state index contributed by atoms with van der Waals surface area (Å²) in [7, 11) is 0. The maximum Gasteiger partial charge on any atom is 0.270 e. The maximum absolute atomic E-state index is 12.1. The van der Waals surface area contributed by atoms with Crippen LogP contribution in [0.25, 0.3) is 10.8 Å². The van der Waals surface area contributed by atoms with Crippen molar-refractivity contribution in [1.82, 2.24) is 10.3 Å². The number of aromatic nitrogens is 1. The van der Waals surface area contributed by atoms with Crippen molar-refractivity contribution in [2.75, 3.05) is 12.3 Å². The highest BCUT2D eigenvalue weighted by molar-refractivity contribution is 5.99. The van der Waals surface area contributed by atoms with Gasteiger partial charge in [0.2, 0.25) is 0 Å². The first kappa shape index (κ1) is 14.3. The Morgan fingerprint density at radius 2 is 2.00 bits per heavy atom. The minimum absolute atomic E-state index is 0.171. The number of fused-ring (bicyclic) bond motifs is 1. The zero-order valence-corrected chi connectivity index (χ0v) is 12.2. The molecule has 0 spiro atoms. The number of nitrogen functional groups attached to an aromatic ring is 1. The number of nitrogens with two attached hydrogens (primary N) is 1. The lowest BCUT2D eigenvalue weighted by molar-refractivity contribution is 0.0940. The van der Waals surface area contributed by atoms with Crippen molar-refractivity contribution in [3.05, 3.63) is 36.0 Å². The van der Waals surface area contributed by atoms with Gasteiger partial charge in [-0.3, -0.25) is 4.79 Å². The first-order valence-electron chi connectivity index (χ1n) is 6.92. The second-order valence-corrected chi connectivity index (χ2v) is 5.55. The van der Waals surface area contributed by atoms with Gasteiger partial charge in [-0.2, -0.15) is 0 Å². The summed E-state index contributed by atoms with van der Waals surface area (Å²) in [4.78, 5) is 16.3. The highest BCUT2D eigenvalue weighted by atomic mass is 16.1. The number of carbonyl (C=O) groups is 1. The lowest BCUT2D eigenvalue weighted by atomic mass is 9.98. The number of anilines is 1. The third-order valence-electron chi connectivity index (χ3n) is 3.73. The number of amides is 1. The molecule has 0 bridgehead atoms. The Kier molecular flexibility index (Phi) is 4.23. The summed E-state index contributed by atoms with van der Waals surface area (Å²) in [5.41, 5.74) is 6.28. The van der Waals surface area contributed by atoms with Crippen LogP contribution in [-0.2, 0) is 0 Å². The molecule has 4 nitrogen and oxygen atoms in total. The van der Waals surface area contributed by atoms with Crippen LogP contribution in [0.15, 0.2) is 30.3 Å². The number of hydrogen-bond acceptors (Lipinski definition) is 3. The predicted molar refractivity (Wildman–Crippen MR) is 82.5 cm³/mol. The Labute approximate surface area is 119 Å². The van der Waals surface area contributed by atoms with Gasteiger partial charge < -0.3 is 11.1 Å². The number of carbonyl (C=O) groups excluding carboxylic acids is 1. The molecule has 4 heteroatoms. The molecule has 0 saturated heterocycles. The van der Waals surface area contributed by atoms with Crippen molar-refractivity contribution in [3.8, 4) is 0 Å². The van der Waals surface area contributed by atoms with Gasteiger partial charge in [-0.25, -0.2) is 4.98 Å². The fourth-order valence-corrected chi connectivity index (χ4v) is 1.92. The van der Waals surface area contributed by atoms with E-state index >= 15 is 0 Å². The molecule has 1 aromatic carbocycles. The van der Waals surface area contributed by atoms with E-state index in [1.165, 1.54) is 0 Å². The van der Waals surface area contributed by atoms with Gasteiger partial charge in [-0.05, 0) is 23.3 Å². The van der Waals surface area contributed by atoms with Crippen LogP contribution in [0.2, 0.25) is 0 Å². The zero-order chi connectivity index (χ0) is 14.7. The summed E-state index contributed by atoms with van der Waals surface area (Å²) < 4.78 is 0. The average molecular weight is 271 g/mol. The molecule has 2 aromatic rings. The Morgan fingerprint density at radius 1 is 1.30 bits per heavy atom. The number of nitrogens with zero attached hydrogens (tertiary/aromatic N) is 1. The third-order valence-corrected chi connectivity index (χ3v) is 3.73. The molecule has 0 saturated carbocycles. The van der Waals surface area contributed by atoms with Crippen LogP contribution in [0, 0.1) is 11.8 Å². The van der Waals surface area contributed by atoms with Gasteiger partial charge >= 0.3 is 0 Å². The fourth-order valence-electron chi connectivity index (χ4n) is 1.92. The molecule has 0 aliphatic carbocycles. The Morgan fingerprint density at radius 3 is 2.70 bits per heavy atom. The second-order valence-electron chi connectivity index (χ2n) is 5.55. The number of benzene rings is 1. The summed E-state index contributed by atoms with van der Waals surface area (Å²) >= 11 is 0. The molecule has 1 amide bonds. The molecule has 106 valence electrons. The van der Waals surface area contributed by atoms with Crippen LogP contribution in [0.3, 0.4) is 0 Å². The van der Waals surface area contributed by atoms with Gasteiger partial charge in [0.15, 0.2) is 0 Å². The Hall–Kier alpha value is -2.10. The summed E-state index contributed by atoms with van der Waals surface area (Å²) in [6, 6.07) is 9.44. The topological polar surface area (TPSA) is 68.0 Å². The first-order valence-corrected chi connectivity index (χ1v) is 6.92. The van der Waals surface area contributed by atoms with Crippen LogP contribution in [0.5, 0.6) is 0 Å². The van der Waals surface area contributed by atoms with Crippen LogP contribution < -0.4 is 11.1 Å². The monoisotopic (exact) mass is 271 g/mol. The fraction of sp³-hybridized carbons (Fsp3) is 0.375. The molecule has 1 atom stereocenters. The van der Waals surface area contributed by atoms with E-state index in [0.717, 1.165) is 10.8 Å². The lowest BCUT2D eigenvalue weighted by Crippen LogP contribution is -2.30. The van der Waals surface area contributed by atoms with E-state index in [2.05, 4.69) is 31.1 Å². The SMILES string of the molecule is CC(C)C(C)CNC(=O)c1cc2ccccc2c(N)n1. The molecule has 2 rings (SSSR count). The standard InChI is InChI=1S/C16H21N3O/c1-10(2)11(3)9-18-16(20)14-8-12-6-4-5-7-13(12)15(17)19-14/h4-8,10-11H,9H2,1-3H3,(H2,17,19)(H,18,20). The molecule has 3 N–H and O–H groups in total. The lowest BCUT2D eigenvalue weighted by Gasteiger charge is -2.16. The van der Waals surface area contributed by atoms with Crippen LogP contribution >= 0.6 is 0 Å². The minimum Gasteiger partial charge on any atom is -0.383 e. The molecule has 0 aliphatic heterocycles. The van der Waals surface area contributed by atoms with Crippen LogP contribution in [-0.4, -0.2) is 17.4 Å². The largest absolute Gasteiger partial charge is 0.383 e. The van der Waals surface area contributed by atoms with Gasteiger partial charge in [-0.15, -0.1) is 0 Å². The number of hydrogen-bond donors (Lipinski definition) is 2. The third kappa shape index (κ3) is 3.07. The second kappa shape index (κ2) is 5.90. The van der Waals surface area contributed by atoms with E-state index in [4.69, 9.17) is 5.73 Å². The summed E-state index contributed by atoms with van der Waals surface area (Å²) in [5.74, 6) is 1.18. The Balaban J connectivity index is 2.18. The summed E-state index contributed by atoms with van der Waals surface area (Å²) in [6.07, 6.45) is 0. The van der Waals surface area contributed by atoms with Crippen molar-refractivity contribution in [2.24, 2.45) is 11.8 Å². The zero-order valence-electron chi connectivity index (χ0n) is 12.2. The molecular formula is C16H21N3O. The summed E-state index contributed by atoms with van der Waals surface area (Å²) in [6.45, 7) is 7.05. The van der Waals surface area contributed by atoms with Crippen molar-refractivity contribution in [2.45, 2.75) is 20.8 Å². The molecule has 1 heterocycles. The van der Waals surface area contributed by atoms with E-state index in [1.807, 2.05) is 24.3 Å². The molecule has 0 aliphatic rings.